The predicted molar refractivity (Wildman–Crippen MR) is 83.9 cm³/mol. The summed E-state index contributed by atoms with van der Waals surface area (Å²) in [6.45, 7) is 4.38. The van der Waals surface area contributed by atoms with E-state index < -0.39 is 0 Å². The molecule has 0 saturated heterocycles. The van der Waals surface area contributed by atoms with Gasteiger partial charge in [0.1, 0.15) is 5.75 Å². The van der Waals surface area contributed by atoms with E-state index in [1.54, 1.807) is 6.07 Å². The smallest absolute Gasteiger partial charge is 0.120 e. The van der Waals surface area contributed by atoms with Crippen molar-refractivity contribution in [2.75, 3.05) is 0 Å². The average Bonchev–Trinajstić information content (AvgIpc) is 2.36. The summed E-state index contributed by atoms with van der Waals surface area (Å²) in [5, 5.41) is 12.3. The Morgan fingerprint density at radius 1 is 1.05 bits per heavy atom. The molecule has 0 aliphatic heterocycles. The second-order valence-electron chi connectivity index (χ2n) is 5.30. The molecular weight excluding hydrogens is 258 g/mol. The number of aromatic hydroxyl groups is 1. The van der Waals surface area contributed by atoms with Gasteiger partial charge in [0, 0.05) is 11.6 Å². The molecule has 3 N–H and O–H groups in total. The summed E-state index contributed by atoms with van der Waals surface area (Å²) < 4.78 is 0. The Bertz CT molecular complexity index is 539. The lowest BCUT2D eigenvalue weighted by atomic mass is 9.93. The molecule has 2 rings (SSSR count). The Kier molecular flexibility index (Phi) is 5.64. The molecular formula is C16H22ClNO. The number of benzene rings is 2. The molecule has 104 valence electrons. The summed E-state index contributed by atoms with van der Waals surface area (Å²) in [5.41, 5.74) is 7.13. The zero-order valence-electron chi connectivity index (χ0n) is 11.5. The zero-order valence-corrected chi connectivity index (χ0v) is 12.3. The van der Waals surface area contributed by atoms with Gasteiger partial charge in [0.15, 0.2) is 0 Å². The normalized spacial score (nSPS) is 12.4. The van der Waals surface area contributed by atoms with E-state index in [4.69, 9.17) is 5.73 Å². The number of nitrogens with two attached hydrogens (primary N) is 1. The van der Waals surface area contributed by atoms with E-state index >= 15 is 0 Å². The highest BCUT2D eigenvalue weighted by Gasteiger charge is 2.14. The molecule has 0 aliphatic carbocycles. The molecule has 0 radical (unpaired) electrons. The maximum Gasteiger partial charge on any atom is 0.120 e. The molecule has 0 saturated carbocycles. The number of rotatable bonds is 4. The van der Waals surface area contributed by atoms with Crippen LogP contribution in [0.1, 0.15) is 38.3 Å². The van der Waals surface area contributed by atoms with E-state index in [-0.39, 0.29) is 18.4 Å². The third-order valence-electron chi connectivity index (χ3n) is 3.37. The minimum absolute atomic E-state index is 0. The Hall–Kier alpha value is -1.25. The molecule has 0 heterocycles. The summed E-state index contributed by atoms with van der Waals surface area (Å²) in [5.74, 6) is 0.943. The van der Waals surface area contributed by atoms with E-state index in [0.717, 1.165) is 29.2 Å². The highest BCUT2D eigenvalue weighted by molar-refractivity contribution is 5.88. The Morgan fingerprint density at radius 3 is 2.42 bits per heavy atom. The minimum Gasteiger partial charge on any atom is -0.508 e. The first-order chi connectivity index (χ1) is 8.59. The fourth-order valence-electron chi connectivity index (χ4n) is 2.33. The molecule has 1 atom stereocenters. The van der Waals surface area contributed by atoms with Crippen molar-refractivity contribution in [1.29, 1.82) is 0 Å². The van der Waals surface area contributed by atoms with Crippen molar-refractivity contribution < 1.29 is 5.11 Å². The topological polar surface area (TPSA) is 46.2 Å². The van der Waals surface area contributed by atoms with E-state index in [0.29, 0.717) is 11.7 Å². The highest BCUT2D eigenvalue weighted by atomic mass is 35.5. The molecule has 0 unspecified atom stereocenters. The van der Waals surface area contributed by atoms with E-state index in [1.807, 2.05) is 30.3 Å². The van der Waals surface area contributed by atoms with Crippen molar-refractivity contribution >= 4 is 23.2 Å². The molecule has 2 nitrogen and oxygen atoms in total. The maximum absolute atomic E-state index is 10.1. The van der Waals surface area contributed by atoms with Gasteiger partial charge in [-0.2, -0.15) is 0 Å². The van der Waals surface area contributed by atoms with Gasteiger partial charge in [-0.15, -0.1) is 12.4 Å². The van der Waals surface area contributed by atoms with Crippen molar-refractivity contribution in [3.8, 4) is 5.75 Å². The van der Waals surface area contributed by atoms with Gasteiger partial charge in [-0.05, 0) is 35.6 Å². The van der Waals surface area contributed by atoms with Crippen molar-refractivity contribution in [2.45, 2.75) is 32.7 Å². The summed E-state index contributed by atoms with van der Waals surface area (Å²) >= 11 is 0. The lowest BCUT2D eigenvalue weighted by Crippen LogP contribution is -2.12. The van der Waals surface area contributed by atoms with E-state index in [9.17, 15) is 5.11 Å². The lowest BCUT2D eigenvalue weighted by molar-refractivity contribution is 0.450. The van der Waals surface area contributed by atoms with Gasteiger partial charge in [0.25, 0.3) is 0 Å². The van der Waals surface area contributed by atoms with E-state index in [1.165, 1.54) is 0 Å². The highest BCUT2D eigenvalue weighted by Crippen LogP contribution is 2.33. The molecule has 0 fully saturated rings. The van der Waals surface area contributed by atoms with Crippen LogP contribution in [0, 0.1) is 5.92 Å². The molecule has 0 spiro atoms. The van der Waals surface area contributed by atoms with Crippen LogP contribution < -0.4 is 5.73 Å². The Labute approximate surface area is 121 Å². The van der Waals surface area contributed by atoms with Crippen LogP contribution in [0.5, 0.6) is 5.75 Å². The van der Waals surface area contributed by atoms with Gasteiger partial charge >= 0.3 is 0 Å². The third kappa shape index (κ3) is 3.62. The second kappa shape index (κ2) is 6.78. The molecule has 2 aromatic rings. The lowest BCUT2D eigenvalue weighted by Gasteiger charge is -2.17. The molecule has 2 aromatic carbocycles. The van der Waals surface area contributed by atoms with Crippen LogP contribution in [0.3, 0.4) is 0 Å². The quantitative estimate of drug-likeness (QED) is 0.871. The first kappa shape index (κ1) is 15.8. The van der Waals surface area contributed by atoms with Crippen LogP contribution in [0.4, 0.5) is 0 Å². The zero-order chi connectivity index (χ0) is 13.1. The molecule has 3 heteroatoms. The summed E-state index contributed by atoms with van der Waals surface area (Å²) in [7, 11) is 0. The number of hydrogen-bond donors (Lipinski definition) is 2. The predicted octanol–water partition coefficient (Wildman–Crippen LogP) is 4.40. The Balaban J connectivity index is 0.00000180. The fourth-order valence-corrected chi connectivity index (χ4v) is 2.33. The van der Waals surface area contributed by atoms with Gasteiger partial charge in [-0.3, -0.25) is 0 Å². The number of fused-ring (bicyclic) bond motifs is 1. The van der Waals surface area contributed by atoms with E-state index in [2.05, 4.69) is 13.8 Å². The van der Waals surface area contributed by atoms with Crippen molar-refractivity contribution in [1.82, 2.24) is 0 Å². The van der Waals surface area contributed by atoms with Crippen LogP contribution in [0.25, 0.3) is 10.8 Å². The summed E-state index contributed by atoms with van der Waals surface area (Å²) in [6, 6.07) is 11.6. The second-order valence-corrected chi connectivity index (χ2v) is 5.30. The van der Waals surface area contributed by atoms with Gasteiger partial charge < -0.3 is 10.8 Å². The molecule has 19 heavy (non-hydrogen) atoms. The number of phenolic OH excluding ortho intramolecular Hbond substituents is 1. The van der Waals surface area contributed by atoms with Crippen molar-refractivity contribution in [3.63, 3.8) is 0 Å². The minimum atomic E-state index is -0.0986. The maximum atomic E-state index is 10.1. The summed E-state index contributed by atoms with van der Waals surface area (Å²) in [4.78, 5) is 0. The number of halogens is 1. The first-order valence-electron chi connectivity index (χ1n) is 6.55. The van der Waals surface area contributed by atoms with Crippen LogP contribution in [0.15, 0.2) is 36.4 Å². The van der Waals surface area contributed by atoms with Gasteiger partial charge in [0.05, 0.1) is 0 Å². The SMILES string of the molecule is CC(C)CC[C@@H](N)c1c(O)ccc2ccccc12.Cl. The Morgan fingerprint density at radius 2 is 1.74 bits per heavy atom. The van der Waals surface area contributed by atoms with Crippen molar-refractivity contribution in [2.24, 2.45) is 11.7 Å². The summed E-state index contributed by atoms with van der Waals surface area (Å²) in [6.07, 6.45) is 1.98. The molecule has 0 aromatic heterocycles. The monoisotopic (exact) mass is 279 g/mol. The van der Waals surface area contributed by atoms with Crippen molar-refractivity contribution in [3.05, 3.63) is 42.0 Å². The van der Waals surface area contributed by atoms with Crippen LogP contribution in [0.2, 0.25) is 0 Å². The van der Waals surface area contributed by atoms with Crippen LogP contribution in [-0.4, -0.2) is 5.11 Å². The van der Waals surface area contributed by atoms with Gasteiger partial charge in [0.2, 0.25) is 0 Å². The molecule has 0 amide bonds. The standard InChI is InChI=1S/C16H21NO.ClH/c1-11(2)7-9-14(17)16-13-6-4-3-5-12(13)8-10-15(16)18;/h3-6,8,10-11,14,18H,7,9,17H2,1-2H3;1H/t14-;/m1./s1. The van der Waals surface area contributed by atoms with Gasteiger partial charge in [-0.1, -0.05) is 44.2 Å². The molecule has 0 aliphatic rings. The van der Waals surface area contributed by atoms with Crippen LogP contribution >= 0.6 is 12.4 Å². The van der Waals surface area contributed by atoms with Crippen LogP contribution in [-0.2, 0) is 0 Å². The fraction of sp³-hybridized carbons (Fsp3) is 0.375. The first-order valence-corrected chi connectivity index (χ1v) is 6.55. The van der Waals surface area contributed by atoms with Gasteiger partial charge in [-0.25, -0.2) is 0 Å². The average molecular weight is 280 g/mol. The number of hydrogen-bond acceptors (Lipinski definition) is 2. The largest absolute Gasteiger partial charge is 0.508 e. The number of phenols is 1. The molecule has 0 bridgehead atoms. The third-order valence-corrected chi connectivity index (χ3v) is 3.37.